The van der Waals surface area contributed by atoms with E-state index in [0.717, 1.165) is 24.2 Å². The first-order valence-electron chi connectivity index (χ1n) is 9.46. The van der Waals surface area contributed by atoms with Crippen molar-refractivity contribution >= 4 is 18.3 Å². The molecule has 0 aromatic heterocycles. The molecule has 0 spiro atoms. The summed E-state index contributed by atoms with van der Waals surface area (Å²) in [5, 5.41) is 0. The molecule has 6 nitrogen and oxygen atoms in total. The van der Waals surface area contributed by atoms with Crippen molar-refractivity contribution in [1.82, 2.24) is 4.90 Å². The van der Waals surface area contributed by atoms with Gasteiger partial charge >= 0.3 is 0 Å². The van der Waals surface area contributed by atoms with E-state index in [2.05, 4.69) is 12.1 Å². The van der Waals surface area contributed by atoms with Gasteiger partial charge in [0, 0.05) is 25.6 Å². The molecule has 1 aliphatic heterocycles. The van der Waals surface area contributed by atoms with Crippen molar-refractivity contribution in [3.05, 3.63) is 53.1 Å². The maximum atomic E-state index is 12.9. The highest BCUT2D eigenvalue weighted by atomic mass is 35.5. The van der Waals surface area contributed by atoms with E-state index in [0.29, 0.717) is 24.6 Å². The van der Waals surface area contributed by atoms with Gasteiger partial charge in [-0.1, -0.05) is 12.1 Å². The van der Waals surface area contributed by atoms with Crippen molar-refractivity contribution in [3.63, 3.8) is 0 Å². The average molecular weight is 421 g/mol. The van der Waals surface area contributed by atoms with Crippen LogP contribution in [0.15, 0.2) is 36.4 Å². The predicted octanol–water partition coefficient (Wildman–Crippen LogP) is 3.15. The van der Waals surface area contributed by atoms with Gasteiger partial charge in [-0.3, -0.25) is 4.79 Å². The molecule has 0 fully saturated rings. The Morgan fingerprint density at radius 2 is 1.66 bits per heavy atom. The predicted molar refractivity (Wildman–Crippen MR) is 115 cm³/mol. The first-order chi connectivity index (χ1) is 13.5. The zero-order valence-corrected chi connectivity index (χ0v) is 18.0. The molecule has 158 valence electrons. The van der Waals surface area contributed by atoms with E-state index in [1.54, 1.807) is 21.3 Å². The largest absolute Gasteiger partial charge is 0.497 e. The van der Waals surface area contributed by atoms with Crippen LogP contribution in [0.4, 0.5) is 0 Å². The Hall–Kier alpha value is -2.44. The highest BCUT2D eigenvalue weighted by Crippen LogP contribution is 2.30. The topological polar surface area (TPSA) is 74.0 Å². The molecule has 0 bridgehead atoms. The van der Waals surface area contributed by atoms with Crippen molar-refractivity contribution in [2.24, 2.45) is 5.73 Å². The summed E-state index contributed by atoms with van der Waals surface area (Å²) in [6, 6.07) is 11.3. The average Bonchev–Trinajstić information content (AvgIpc) is 2.95. The van der Waals surface area contributed by atoms with Crippen LogP contribution in [0.1, 0.15) is 29.2 Å². The van der Waals surface area contributed by atoms with Crippen LogP contribution in [0.25, 0.3) is 0 Å². The first-order valence-corrected chi connectivity index (χ1v) is 9.46. The molecule has 3 rings (SSSR count). The van der Waals surface area contributed by atoms with Gasteiger partial charge in [0.2, 0.25) is 5.91 Å². The fraction of sp³-hybridized carbons (Fsp3) is 0.409. The Balaban J connectivity index is 0.00000300. The number of ether oxygens (including phenoxy) is 3. The SMILES string of the molecule is COc1ccc2c(c1)CCN(C(=O)CC(N)c1ccc(OC)c(OC)c1)CC2.Cl. The Morgan fingerprint density at radius 3 is 2.31 bits per heavy atom. The highest BCUT2D eigenvalue weighted by molar-refractivity contribution is 5.85. The Bertz CT molecular complexity index is 844. The third-order valence-electron chi connectivity index (χ3n) is 5.30. The second kappa shape index (κ2) is 10.4. The first kappa shape index (κ1) is 22.8. The summed E-state index contributed by atoms with van der Waals surface area (Å²) in [5.74, 6) is 2.18. The minimum absolute atomic E-state index is 0. The number of amides is 1. The van der Waals surface area contributed by atoms with Crippen molar-refractivity contribution < 1.29 is 19.0 Å². The fourth-order valence-corrected chi connectivity index (χ4v) is 3.60. The van der Waals surface area contributed by atoms with Crippen molar-refractivity contribution in [3.8, 4) is 17.2 Å². The summed E-state index contributed by atoms with van der Waals surface area (Å²) in [5.41, 5.74) is 9.70. The van der Waals surface area contributed by atoms with E-state index in [-0.39, 0.29) is 24.7 Å². The van der Waals surface area contributed by atoms with Crippen LogP contribution in [0.2, 0.25) is 0 Å². The molecule has 1 unspecified atom stereocenters. The number of nitrogens with two attached hydrogens (primary N) is 1. The Morgan fingerprint density at radius 1 is 0.966 bits per heavy atom. The zero-order chi connectivity index (χ0) is 20.1. The van der Waals surface area contributed by atoms with Gasteiger partial charge in [-0.2, -0.15) is 0 Å². The van der Waals surface area contributed by atoms with Crippen molar-refractivity contribution in [1.29, 1.82) is 0 Å². The fourth-order valence-electron chi connectivity index (χ4n) is 3.60. The molecular formula is C22H29ClN2O4. The van der Waals surface area contributed by atoms with Gasteiger partial charge < -0.3 is 24.8 Å². The maximum absolute atomic E-state index is 12.9. The van der Waals surface area contributed by atoms with E-state index in [1.807, 2.05) is 29.2 Å². The van der Waals surface area contributed by atoms with E-state index >= 15 is 0 Å². The summed E-state index contributed by atoms with van der Waals surface area (Å²) in [6.45, 7) is 1.40. The monoisotopic (exact) mass is 420 g/mol. The second-order valence-electron chi connectivity index (χ2n) is 6.94. The number of hydrogen-bond acceptors (Lipinski definition) is 5. The van der Waals surface area contributed by atoms with Crippen LogP contribution in [0, 0.1) is 0 Å². The molecule has 1 atom stereocenters. The van der Waals surface area contributed by atoms with Crippen LogP contribution < -0.4 is 19.9 Å². The van der Waals surface area contributed by atoms with E-state index in [4.69, 9.17) is 19.9 Å². The van der Waals surface area contributed by atoms with Crippen LogP contribution in [0.5, 0.6) is 17.2 Å². The number of hydrogen-bond donors (Lipinski definition) is 1. The number of fused-ring (bicyclic) bond motifs is 1. The second-order valence-corrected chi connectivity index (χ2v) is 6.94. The molecule has 1 amide bonds. The number of nitrogens with zero attached hydrogens (tertiary/aromatic N) is 1. The molecule has 7 heteroatoms. The molecule has 1 aliphatic rings. The molecule has 0 aliphatic carbocycles. The lowest BCUT2D eigenvalue weighted by atomic mass is 10.0. The Labute approximate surface area is 178 Å². The van der Waals surface area contributed by atoms with Gasteiger partial charge in [0.15, 0.2) is 11.5 Å². The smallest absolute Gasteiger partial charge is 0.224 e. The van der Waals surface area contributed by atoms with Gasteiger partial charge in [-0.05, 0) is 53.8 Å². The molecule has 2 N–H and O–H groups in total. The molecule has 29 heavy (non-hydrogen) atoms. The third-order valence-corrected chi connectivity index (χ3v) is 5.30. The van der Waals surface area contributed by atoms with Gasteiger partial charge in [-0.25, -0.2) is 0 Å². The summed E-state index contributed by atoms with van der Waals surface area (Å²) >= 11 is 0. The summed E-state index contributed by atoms with van der Waals surface area (Å²) in [4.78, 5) is 14.8. The minimum Gasteiger partial charge on any atom is -0.497 e. The Kier molecular flexibility index (Phi) is 8.17. The third kappa shape index (κ3) is 5.34. The molecule has 1 heterocycles. The lowest BCUT2D eigenvalue weighted by molar-refractivity contribution is -0.131. The molecule has 2 aromatic carbocycles. The molecular weight excluding hydrogens is 392 g/mol. The van der Waals surface area contributed by atoms with Gasteiger partial charge in [-0.15, -0.1) is 12.4 Å². The minimum atomic E-state index is -0.391. The number of carbonyl (C=O) groups is 1. The molecule has 0 saturated carbocycles. The van der Waals surface area contributed by atoms with Crippen LogP contribution in [0.3, 0.4) is 0 Å². The van der Waals surface area contributed by atoms with Crippen LogP contribution in [-0.2, 0) is 17.6 Å². The quantitative estimate of drug-likeness (QED) is 0.777. The van der Waals surface area contributed by atoms with Crippen LogP contribution in [-0.4, -0.2) is 45.2 Å². The molecule has 0 saturated heterocycles. The molecule has 0 radical (unpaired) electrons. The van der Waals surface area contributed by atoms with Crippen LogP contribution >= 0.6 is 12.4 Å². The normalized spacial score (nSPS) is 14.1. The lowest BCUT2D eigenvalue weighted by Crippen LogP contribution is -2.35. The number of halogens is 1. The number of benzene rings is 2. The maximum Gasteiger partial charge on any atom is 0.224 e. The van der Waals surface area contributed by atoms with Gasteiger partial charge in [0.1, 0.15) is 5.75 Å². The van der Waals surface area contributed by atoms with Gasteiger partial charge in [0.25, 0.3) is 0 Å². The summed E-state index contributed by atoms with van der Waals surface area (Å²) < 4.78 is 15.9. The standard InChI is InChI=1S/C22H28N2O4.ClH/c1-26-18-6-4-15-8-10-24(11-9-16(15)12-18)22(25)14-19(23)17-5-7-20(27-2)21(13-17)28-3;/h4-7,12-13,19H,8-11,14,23H2,1-3H3;1H. The number of rotatable bonds is 6. The molecule has 2 aromatic rings. The number of carbonyl (C=O) groups excluding carboxylic acids is 1. The zero-order valence-electron chi connectivity index (χ0n) is 17.1. The highest BCUT2D eigenvalue weighted by Gasteiger charge is 2.22. The van der Waals surface area contributed by atoms with E-state index < -0.39 is 6.04 Å². The van der Waals surface area contributed by atoms with E-state index in [9.17, 15) is 4.79 Å². The summed E-state index contributed by atoms with van der Waals surface area (Å²) in [6.07, 6.45) is 1.93. The number of methoxy groups -OCH3 is 3. The van der Waals surface area contributed by atoms with Gasteiger partial charge in [0.05, 0.1) is 21.3 Å². The summed E-state index contributed by atoms with van der Waals surface area (Å²) in [7, 11) is 4.85. The lowest BCUT2D eigenvalue weighted by Gasteiger charge is -2.22. The van der Waals surface area contributed by atoms with Crippen molar-refractivity contribution in [2.75, 3.05) is 34.4 Å². The van der Waals surface area contributed by atoms with Crippen molar-refractivity contribution in [2.45, 2.75) is 25.3 Å². The van der Waals surface area contributed by atoms with E-state index in [1.165, 1.54) is 11.1 Å².